The van der Waals surface area contributed by atoms with Crippen molar-refractivity contribution >= 4 is 82.4 Å². The van der Waals surface area contributed by atoms with E-state index in [0.717, 1.165) is 62.0 Å². The SMILES string of the molecule is C/C=C\c1c(CC)c2ccccc2n1-c1ccc2c(c1)c1cc(-n3c4ccccc4c4ccccc43)ccc1n2-c1cc(C#N)ccc1-n1c2ccccc2c2ccccc21. The van der Waals surface area contributed by atoms with E-state index in [1.165, 1.54) is 54.7 Å². The lowest BCUT2D eigenvalue weighted by atomic mass is 10.1. The molecule has 0 N–H and O–H groups in total. The van der Waals surface area contributed by atoms with Crippen LogP contribution in [0.15, 0.2) is 182 Å². The number of aromatic nitrogens is 4. The van der Waals surface area contributed by atoms with Crippen molar-refractivity contribution in [2.75, 3.05) is 0 Å². The highest BCUT2D eigenvalue weighted by atomic mass is 15.1. The lowest BCUT2D eigenvalue weighted by molar-refractivity contribution is 1.06. The molecule has 0 aliphatic carbocycles. The van der Waals surface area contributed by atoms with Gasteiger partial charge in [-0.15, -0.1) is 0 Å². The summed E-state index contributed by atoms with van der Waals surface area (Å²) in [5.74, 6) is 0. The van der Waals surface area contributed by atoms with Gasteiger partial charge in [-0.3, -0.25) is 0 Å². The minimum atomic E-state index is 0.606. The van der Waals surface area contributed by atoms with E-state index in [1.807, 2.05) is 6.07 Å². The molecule has 0 bridgehead atoms. The molecule has 0 amide bonds. The molecule has 0 radical (unpaired) electrons. The summed E-state index contributed by atoms with van der Waals surface area (Å²) in [6, 6.07) is 65.8. The van der Waals surface area contributed by atoms with Gasteiger partial charge in [-0.25, -0.2) is 0 Å². The number of rotatable bonds is 6. The van der Waals surface area contributed by atoms with Gasteiger partial charge in [0.25, 0.3) is 0 Å². The van der Waals surface area contributed by atoms with Crippen LogP contribution in [0, 0.1) is 11.3 Å². The molecule has 0 atom stereocenters. The Balaban J connectivity index is 1.21. The van der Waals surface area contributed by atoms with Crippen molar-refractivity contribution in [1.29, 1.82) is 5.26 Å². The number of hydrogen-bond donors (Lipinski definition) is 0. The number of nitriles is 1. The highest BCUT2D eigenvalue weighted by molar-refractivity contribution is 6.14. The first-order valence-electron chi connectivity index (χ1n) is 21.0. The Labute approximate surface area is 352 Å². The van der Waals surface area contributed by atoms with Gasteiger partial charge in [0.1, 0.15) is 0 Å². The molecular formula is C56H39N5. The van der Waals surface area contributed by atoms with E-state index in [1.54, 1.807) is 0 Å². The first-order chi connectivity index (χ1) is 30.2. The minimum Gasteiger partial charge on any atom is -0.310 e. The zero-order valence-electron chi connectivity index (χ0n) is 33.8. The normalized spacial score (nSPS) is 12.1. The van der Waals surface area contributed by atoms with E-state index in [2.05, 4.69) is 220 Å². The molecule has 12 rings (SSSR count). The Hall–Kier alpha value is -8.07. The van der Waals surface area contributed by atoms with E-state index in [0.29, 0.717) is 5.56 Å². The van der Waals surface area contributed by atoms with Crippen LogP contribution in [0.5, 0.6) is 0 Å². The molecule has 0 fully saturated rings. The number of benzene rings is 8. The van der Waals surface area contributed by atoms with Crippen LogP contribution in [-0.4, -0.2) is 18.3 Å². The number of para-hydroxylation sites is 5. The maximum Gasteiger partial charge on any atom is 0.0992 e. The molecular weight excluding hydrogens is 743 g/mol. The summed E-state index contributed by atoms with van der Waals surface area (Å²) in [6.07, 6.45) is 5.32. The summed E-state index contributed by atoms with van der Waals surface area (Å²) in [5.41, 5.74) is 15.2. The second kappa shape index (κ2) is 13.5. The third-order valence-corrected chi connectivity index (χ3v) is 12.7. The van der Waals surface area contributed by atoms with Crippen LogP contribution >= 0.6 is 0 Å². The number of aryl methyl sites for hydroxylation is 1. The Morgan fingerprint density at radius 2 is 0.852 bits per heavy atom. The molecule has 8 aromatic carbocycles. The zero-order chi connectivity index (χ0) is 40.8. The van der Waals surface area contributed by atoms with Crippen LogP contribution in [0.25, 0.3) is 105 Å². The first-order valence-corrected chi connectivity index (χ1v) is 21.0. The Kier molecular flexibility index (Phi) is 7.72. The number of hydrogen-bond acceptors (Lipinski definition) is 1. The van der Waals surface area contributed by atoms with Gasteiger partial charge in [0, 0.05) is 54.8 Å². The second-order valence-electron chi connectivity index (χ2n) is 15.9. The van der Waals surface area contributed by atoms with Crippen molar-refractivity contribution in [3.8, 4) is 28.8 Å². The lowest BCUT2D eigenvalue weighted by Gasteiger charge is -2.17. The number of allylic oxidation sites excluding steroid dienone is 1. The topological polar surface area (TPSA) is 43.5 Å². The van der Waals surface area contributed by atoms with Crippen molar-refractivity contribution in [2.24, 2.45) is 0 Å². The molecule has 5 nitrogen and oxygen atoms in total. The highest BCUT2D eigenvalue weighted by Crippen LogP contribution is 2.42. The summed E-state index contributed by atoms with van der Waals surface area (Å²) in [4.78, 5) is 0. The third-order valence-electron chi connectivity index (χ3n) is 12.7. The maximum atomic E-state index is 10.4. The van der Waals surface area contributed by atoms with Gasteiger partial charge in [-0.05, 0) is 110 Å². The summed E-state index contributed by atoms with van der Waals surface area (Å²) >= 11 is 0. The van der Waals surface area contributed by atoms with Gasteiger partial charge in [0.2, 0.25) is 0 Å². The first kappa shape index (κ1) is 34.9. The van der Waals surface area contributed by atoms with Crippen LogP contribution in [0.4, 0.5) is 0 Å². The van der Waals surface area contributed by atoms with Gasteiger partial charge >= 0.3 is 0 Å². The minimum absolute atomic E-state index is 0.606. The van der Waals surface area contributed by atoms with Gasteiger partial charge in [-0.1, -0.05) is 104 Å². The van der Waals surface area contributed by atoms with Crippen LogP contribution in [0.1, 0.15) is 30.7 Å². The zero-order valence-corrected chi connectivity index (χ0v) is 33.8. The van der Waals surface area contributed by atoms with Gasteiger partial charge in [0.05, 0.1) is 61.6 Å². The molecule has 0 spiro atoms. The van der Waals surface area contributed by atoms with Crippen molar-refractivity contribution < 1.29 is 0 Å². The van der Waals surface area contributed by atoms with Crippen molar-refractivity contribution in [2.45, 2.75) is 20.3 Å². The molecule has 288 valence electrons. The molecule has 4 aromatic heterocycles. The van der Waals surface area contributed by atoms with Crippen molar-refractivity contribution in [3.05, 3.63) is 199 Å². The predicted octanol–water partition coefficient (Wildman–Crippen LogP) is 14.4. The summed E-state index contributed by atoms with van der Waals surface area (Å²) in [7, 11) is 0. The molecule has 0 saturated heterocycles. The Morgan fingerprint density at radius 3 is 1.34 bits per heavy atom. The van der Waals surface area contributed by atoms with Crippen molar-refractivity contribution in [1.82, 2.24) is 18.3 Å². The summed E-state index contributed by atoms with van der Waals surface area (Å²) in [5, 5.41) is 18.8. The molecule has 61 heavy (non-hydrogen) atoms. The molecule has 5 heteroatoms. The molecule has 12 aromatic rings. The monoisotopic (exact) mass is 781 g/mol. The maximum absolute atomic E-state index is 10.4. The number of nitrogens with zero attached hydrogens (tertiary/aromatic N) is 5. The fourth-order valence-electron chi connectivity index (χ4n) is 10.2. The Bertz CT molecular complexity index is 3730. The smallest absolute Gasteiger partial charge is 0.0992 e. The van der Waals surface area contributed by atoms with Crippen LogP contribution < -0.4 is 0 Å². The fraction of sp³-hybridized carbons (Fsp3) is 0.0536. The van der Waals surface area contributed by atoms with E-state index in [-0.39, 0.29) is 0 Å². The summed E-state index contributed by atoms with van der Waals surface area (Å²) in [6.45, 7) is 4.34. The van der Waals surface area contributed by atoms with Gasteiger partial charge in [0.15, 0.2) is 0 Å². The quantitative estimate of drug-likeness (QED) is 0.166. The Morgan fingerprint density at radius 1 is 0.426 bits per heavy atom. The average molecular weight is 782 g/mol. The molecule has 0 saturated carbocycles. The van der Waals surface area contributed by atoms with Gasteiger partial charge < -0.3 is 18.3 Å². The molecule has 0 aliphatic heterocycles. The van der Waals surface area contributed by atoms with E-state index in [4.69, 9.17) is 0 Å². The number of fused-ring (bicyclic) bond motifs is 10. The van der Waals surface area contributed by atoms with Crippen LogP contribution in [-0.2, 0) is 6.42 Å². The average Bonchev–Trinajstić information content (AvgIpc) is 4.03. The largest absolute Gasteiger partial charge is 0.310 e. The van der Waals surface area contributed by atoms with E-state index in [9.17, 15) is 5.26 Å². The highest BCUT2D eigenvalue weighted by Gasteiger charge is 2.23. The van der Waals surface area contributed by atoms with E-state index >= 15 is 0 Å². The standard InChI is InChI=1S/C56H39N5/c1-3-15-47-39(4-2)40-16-5-10-21-48(40)58(47)37-27-30-53-45(33-37)46-34-38(59-49-22-11-6-17-41(49)42-18-7-12-23-50(42)59)28-31-54(46)61(53)56-32-36(35-57)26-29-55(56)60-51-24-13-8-19-43(51)44-20-9-14-25-52(44)60/h3,5-34H,4H2,1-2H3/b15-3-. The second-order valence-corrected chi connectivity index (χ2v) is 15.9. The molecule has 0 aliphatic rings. The lowest BCUT2D eigenvalue weighted by Crippen LogP contribution is -2.04. The predicted molar refractivity (Wildman–Crippen MR) is 255 cm³/mol. The molecule has 0 unspecified atom stereocenters. The fourth-order valence-corrected chi connectivity index (χ4v) is 10.2. The molecule has 4 heterocycles. The van der Waals surface area contributed by atoms with E-state index < -0.39 is 0 Å². The van der Waals surface area contributed by atoms with Gasteiger partial charge in [-0.2, -0.15) is 5.26 Å². The third kappa shape index (κ3) is 5.00. The van der Waals surface area contributed by atoms with Crippen molar-refractivity contribution in [3.63, 3.8) is 0 Å². The van der Waals surface area contributed by atoms with Crippen LogP contribution in [0.3, 0.4) is 0 Å². The van der Waals surface area contributed by atoms with Crippen LogP contribution in [0.2, 0.25) is 0 Å². The summed E-state index contributed by atoms with van der Waals surface area (Å²) < 4.78 is 9.56.